The Morgan fingerprint density at radius 1 is 1.40 bits per heavy atom. The van der Waals surface area contributed by atoms with Crippen molar-refractivity contribution in [2.45, 2.75) is 46.0 Å². The Kier molecular flexibility index (Phi) is 9.34. The minimum absolute atomic E-state index is 0.0519. The van der Waals surface area contributed by atoms with Gasteiger partial charge in [-0.05, 0) is 25.2 Å². The number of esters is 1. The molecule has 0 aromatic heterocycles. The lowest BCUT2D eigenvalue weighted by atomic mass is 9.89. The van der Waals surface area contributed by atoms with E-state index in [1.807, 2.05) is 19.1 Å². The fourth-order valence-electron chi connectivity index (χ4n) is 2.18. The molecule has 0 aromatic carbocycles. The summed E-state index contributed by atoms with van der Waals surface area (Å²) in [5.74, 6) is -0.799. The summed E-state index contributed by atoms with van der Waals surface area (Å²) in [7, 11) is 1.35. The van der Waals surface area contributed by atoms with Crippen LogP contribution in [0, 0.1) is 11.8 Å². The molecular weight excluding hydrogens is 260 g/mol. The van der Waals surface area contributed by atoms with Gasteiger partial charge >= 0.3 is 11.9 Å². The van der Waals surface area contributed by atoms with E-state index in [4.69, 9.17) is 5.11 Å². The third-order valence-electron chi connectivity index (χ3n) is 3.26. The quantitative estimate of drug-likeness (QED) is 0.620. The number of hydrogen-bond acceptors (Lipinski definition) is 4. The third-order valence-corrected chi connectivity index (χ3v) is 3.26. The minimum atomic E-state index is -0.792. The molecule has 1 N–H and O–H groups in total. The predicted molar refractivity (Wildman–Crippen MR) is 75.2 cm³/mol. The fourth-order valence-corrected chi connectivity index (χ4v) is 2.18. The second kappa shape index (κ2) is 10.2. The average Bonchev–Trinajstić information content (AvgIpc) is 2.71. The van der Waals surface area contributed by atoms with E-state index < -0.39 is 5.97 Å². The number of carboxylic acids is 1. The molecule has 0 bridgehead atoms. The molecule has 1 saturated carbocycles. The Labute approximate surface area is 120 Å². The predicted octanol–water partition coefficient (Wildman–Crippen LogP) is 2.59. The molecule has 0 unspecified atom stereocenters. The molecular formula is C15H24O5. The standard InChI is InChI=1S/C12H18O3.C3H6O2/c1-2-3-4-5-10-9(8-12(14)15)6-7-11(10)13;1-3(4)5-2/h3-4,9-10H,2,5-8H2,1H3,(H,14,15);1-2H3/b4-3-;/t9-,10-;/m0./s1. The van der Waals surface area contributed by atoms with Crippen LogP contribution in [0.15, 0.2) is 12.2 Å². The number of carbonyl (C=O) groups excluding carboxylic acids is 2. The van der Waals surface area contributed by atoms with Gasteiger partial charge in [-0.1, -0.05) is 19.1 Å². The van der Waals surface area contributed by atoms with Crippen LogP contribution in [0.3, 0.4) is 0 Å². The van der Waals surface area contributed by atoms with Crippen molar-refractivity contribution in [2.75, 3.05) is 7.11 Å². The van der Waals surface area contributed by atoms with Crippen LogP contribution in [0.4, 0.5) is 0 Å². The summed E-state index contributed by atoms with van der Waals surface area (Å²) in [6.07, 6.45) is 7.15. The molecule has 1 aliphatic rings. The molecule has 5 heteroatoms. The van der Waals surface area contributed by atoms with E-state index in [-0.39, 0.29) is 30.0 Å². The molecule has 0 radical (unpaired) electrons. The van der Waals surface area contributed by atoms with Crippen molar-refractivity contribution in [3.63, 3.8) is 0 Å². The summed E-state index contributed by atoms with van der Waals surface area (Å²) in [6, 6.07) is 0. The maximum Gasteiger partial charge on any atom is 0.303 e. The largest absolute Gasteiger partial charge is 0.481 e. The molecule has 0 saturated heterocycles. The molecule has 20 heavy (non-hydrogen) atoms. The Hall–Kier alpha value is -1.65. The van der Waals surface area contributed by atoms with E-state index in [0.717, 1.165) is 12.8 Å². The van der Waals surface area contributed by atoms with Crippen LogP contribution in [0.5, 0.6) is 0 Å². The summed E-state index contributed by atoms with van der Waals surface area (Å²) in [4.78, 5) is 31.7. The first kappa shape index (κ1) is 18.4. The number of aliphatic carboxylic acids is 1. The highest BCUT2D eigenvalue weighted by Gasteiger charge is 2.34. The molecule has 1 aliphatic carbocycles. The zero-order valence-electron chi connectivity index (χ0n) is 12.4. The van der Waals surface area contributed by atoms with Gasteiger partial charge in [0.25, 0.3) is 0 Å². The molecule has 0 heterocycles. The lowest BCUT2D eigenvalue weighted by Gasteiger charge is -2.14. The number of hydrogen-bond donors (Lipinski definition) is 1. The number of Topliss-reactive ketones (excluding diaryl/α,β-unsaturated/α-hetero) is 1. The van der Waals surface area contributed by atoms with Gasteiger partial charge in [0, 0.05) is 25.7 Å². The van der Waals surface area contributed by atoms with Crippen molar-refractivity contribution in [1.82, 2.24) is 0 Å². The monoisotopic (exact) mass is 284 g/mol. The third kappa shape index (κ3) is 7.71. The lowest BCUT2D eigenvalue weighted by Crippen LogP contribution is -2.17. The van der Waals surface area contributed by atoms with Crippen LogP contribution in [-0.4, -0.2) is 29.9 Å². The van der Waals surface area contributed by atoms with Crippen molar-refractivity contribution < 1.29 is 24.2 Å². The van der Waals surface area contributed by atoms with Crippen molar-refractivity contribution in [3.8, 4) is 0 Å². The van der Waals surface area contributed by atoms with E-state index in [1.165, 1.54) is 14.0 Å². The number of rotatable bonds is 5. The zero-order valence-corrected chi connectivity index (χ0v) is 12.4. The number of ketones is 1. The van der Waals surface area contributed by atoms with Crippen molar-refractivity contribution in [2.24, 2.45) is 11.8 Å². The first-order chi connectivity index (χ1) is 9.42. The zero-order chi connectivity index (χ0) is 15.5. The number of methoxy groups -OCH3 is 1. The molecule has 5 nitrogen and oxygen atoms in total. The topological polar surface area (TPSA) is 80.7 Å². The van der Waals surface area contributed by atoms with Crippen LogP contribution >= 0.6 is 0 Å². The molecule has 2 atom stereocenters. The smallest absolute Gasteiger partial charge is 0.303 e. The SMILES string of the molecule is CC/C=C\C[C@@H]1C(=O)CC[C@H]1CC(=O)O.COC(C)=O. The lowest BCUT2D eigenvalue weighted by molar-refractivity contribution is -0.139. The van der Waals surface area contributed by atoms with Gasteiger partial charge in [-0.2, -0.15) is 0 Å². The van der Waals surface area contributed by atoms with Crippen LogP contribution in [0.25, 0.3) is 0 Å². The second-order valence-electron chi connectivity index (χ2n) is 4.78. The van der Waals surface area contributed by atoms with E-state index in [1.54, 1.807) is 0 Å². The van der Waals surface area contributed by atoms with Crippen molar-refractivity contribution >= 4 is 17.7 Å². The number of carboxylic acid groups (broad SMARTS) is 1. The maximum atomic E-state index is 11.5. The van der Waals surface area contributed by atoms with Gasteiger partial charge < -0.3 is 9.84 Å². The van der Waals surface area contributed by atoms with Gasteiger partial charge in [0.05, 0.1) is 7.11 Å². The van der Waals surface area contributed by atoms with Crippen molar-refractivity contribution in [1.29, 1.82) is 0 Å². The molecule has 1 rings (SSSR count). The molecule has 1 fully saturated rings. The number of allylic oxidation sites excluding steroid dienone is 2. The van der Waals surface area contributed by atoms with E-state index in [2.05, 4.69) is 4.74 Å². The van der Waals surface area contributed by atoms with Gasteiger partial charge in [-0.15, -0.1) is 0 Å². The Balaban J connectivity index is 0.000000621. The normalized spacial score (nSPS) is 21.4. The fraction of sp³-hybridized carbons (Fsp3) is 0.667. The van der Waals surface area contributed by atoms with Gasteiger partial charge in [0.1, 0.15) is 5.78 Å². The first-order valence-corrected chi connectivity index (χ1v) is 6.86. The Morgan fingerprint density at radius 2 is 2.00 bits per heavy atom. The highest BCUT2D eigenvalue weighted by Crippen LogP contribution is 2.33. The van der Waals surface area contributed by atoms with Crippen LogP contribution in [-0.2, 0) is 19.1 Å². The highest BCUT2D eigenvalue weighted by atomic mass is 16.5. The van der Waals surface area contributed by atoms with Crippen LogP contribution in [0.1, 0.15) is 46.0 Å². The van der Waals surface area contributed by atoms with Gasteiger partial charge in [0.15, 0.2) is 0 Å². The van der Waals surface area contributed by atoms with Gasteiger partial charge in [-0.3, -0.25) is 14.4 Å². The number of ether oxygens (including phenoxy) is 1. The highest BCUT2D eigenvalue weighted by molar-refractivity contribution is 5.84. The first-order valence-electron chi connectivity index (χ1n) is 6.86. The van der Waals surface area contributed by atoms with Gasteiger partial charge in [-0.25, -0.2) is 0 Å². The summed E-state index contributed by atoms with van der Waals surface area (Å²) < 4.78 is 4.11. The van der Waals surface area contributed by atoms with Gasteiger partial charge in [0.2, 0.25) is 0 Å². The maximum absolute atomic E-state index is 11.5. The summed E-state index contributed by atoms with van der Waals surface area (Å²) >= 11 is 0. The Bertz CT molecular complexity index is 359. The van der Waals surface area contributed by atoms with E-state index >= 15 is 0 Å². The van der Waals surface area contributed by atoms with Crippen molar-refractivity contribution in [3.05, 3.63) is 12.2 Å². The Morgan fingerprint density at radius 3 is 2.45 bits per heavy atom. The minimum Gasteiger partial charge on any atom is -0.481 e. The molecule has 0 spiro atoms. The average molecular weight is 284 g/mol. The van der Waals surface area contributed by atoms with E-state index in [0.29, 0.717) is 12.8 Å². The summed E-state index contributed by atoms with van der Waals surface area (Å²) in [5.41, 5.74) is 0. The molecule has 0 amide bonds. The second-order valence-corrected chi connectivity index (χ2v) is 4.78. The summed E-state index contributed by atoms with van der Waals surface area (Å²) in [5, 5.41) is 8.72. The molecule has 0 aliphatic heterocycles. The molecule has 0 aromatic rings. The molecule has 114 valence electrons. The van der Waals surface area contributed by atoms with Crippen LogP contribution in [0.2, 0.25) is 0 Å². The summed E-state index contributed by atoms with van der Waals surface area (Å²) in [6.45, 7) is 3.40. The van der Waals surface area contributed by atoms with E-state index in [9.17, 15) is 14.4 Å². The number of carbonyl (C=O) groups is 3. The van der Waals surface area contributed by atoms with Crippen LogP contribution < -0.4 is 0 Å².